The summed E-state index contributed by atoms with van der Waals surface area (Å²) in [5.41, 5.74) is 5.61. The van der Waals surface area contributed by atoms with Gasteiger partial charge in [0.25, 0.3) is 0 Å². The van der Waals surface area contributed by atoms with Crippen molar-refractivity contribution in [1.29, 1.82) is 0 Å². The minimum atomic E-state index is -0.0744. The second kappa shape index (κ2) is 3.44. The van der Waals surface area contributed by atoms with Crippen molar-refractivity contribution in [2.45, 2.75) is 6.92 Å². The summed E-state index contributed by atoms with van der Waals surface area (Å²) in [6.45, 7) is 2.38. The Morgan fingerprint density at radius 2 is 2.50 bits per heavy atom. The van der Waals surface area contributed by atoms with Crippen LogP contribution in [-0.2, 0) is 0 Å². The highest BCUT2D eigenvalue weighted by Gasteiger charge is 1.99. The SMILES string of the molecule is CCN=c1cc(Cl)nc(N)n1O. The molecule has 0 saturated heterocycles. The van der Waals surface area contributed by atoms with E-state index < -0.39 is 0 Å². The average Bonchev–Trinajstić information content (AvgIpc) is 2.00. The van der Waals surface area contributed by atoms with Crippen LogP contribution < -0.4 is 11.2 Å². The number of hydrogen-bond acceptors (Lipinski definition) is 4. The molecule has 0 aliphatic rings. The van der Waals surface area contributed by atoms with E-state index in [2.05, 4.69) is 9.98 Å². The third-order valence-corrected chi connectivity index (χ3v) is 1.42. The van der Waals surface area contributed by atoms with E-state index in [1.807, 2.05) is 6.92 Å². The first-order chi connectivity index (χ1) is 5.65. The van der Waals surface area contributed by atoms with E-state index in [-0.39, 0.29) is 11.1 Å². The lowest BCUT2D eigenvalue weighted by Crippen LogP contribution is -2.23. The fraction of sp³-hybridized carbons (Fsp3) is 0.333. The second-order valence-electron chi connectivity index (χ2n) is 2.08. The van der Waals surface area contributed by atoms with Crippen molar-refractivity contribution in [2.24, 2.45) is 4.99 Å². The molecule has 0 spiro atoms. The van der Waals surface area contributed by atoms with Gasteiger partial charge < -0.3 is 10.9 Å². The molecule has 0 atom stereocenters. The Balaban J connectivity index is 3.38. The molecule has 6 heteroatoms. The Labute approximate surface area is 74.1 Å². The van der Waals surface area contributed by atoms with Gasteiger partial charge in [0, 0.05) is 12.6 Å². The topological polar surface area (TPSA) is 76.4 Å². The van der Waals surface area contributed by atoms with Crippen molar-refractivity contribution in [3.8, 4) is 0 Å². The van der Waals surface area contributed by atoms with Crippen molar-refractivity contribution in [2.75, 3.05) is 12.3 Å². The molecular formula is C6H9ClN4O. The van der Waals surface area contributed by atoms with E-state index in [1.165, 1.54) is 6.07 Å². The van der Waals surface area contributed by atoms with Crippen LogP contribution in [-0.4, -0.2) is 21.5 Å². The quantitative estimate of drug-likeness (QED) is 0.491. The van der Waals surface area contributed by atoms with Crippen LogP contribution in [0.1, 0.15) is 6.92 Å². The molecule has 66 valence electrons. The predicted octanol–water partition coefficient (Wildman–Crippen LogP) is 0.277. The van der Waals surface area contributed by atoms with Crippen molar-refractivity contribution in [3.63, 3.8) is 0 Å². The zero-order valence-electron chi connectivity index (χ0n) is 6.53. The van der Waals surface area contributed by atoms with E-state index in [4.69, 9.17) is 17.3 Å². The van der Waals surface area contributed by atoms with Gasteiger partial charge in [0.05, 0.1) is 0 Å². The van der Waals surface area contributed by atoms with E-state index in [9.17, 15) is 5.21 Å². The van der Waals surface area contributed by atoms with Crippen LogP contribution in [0.15, 0.2) is 11.1 Å². The molecule has 0 bridgehead atoms. The molecular weight excluding hydrogens is 180 g/mol. The van der Waals surface area contributed by atoms with Gasteiger partial charge in [0.15, 0.2) is 5.49 Å². The number of anilines is 1. The molecule has 0 amide bonds. The van der Waals surface area contributed by atoms with Crippen molar-refractivity contribution in [1.82, 2.24) is 9.71 Å². The first-order valence-electron chi connectivity index (χ1n) is 3.40. The molecule has 1 heterocycles. The summed E-state index contributed by atoms with van der Waals surface area (Å²) in [6.07, 6.45) is 0. The number of nitrogen functional groups attached to an aromatic ring is 1. The highest BCUT2D eigenvalue weighted by Crippen LogP contribution is 2.01. The fourth-order valence-corrected chi connectivity index (χ4v) is 0.933. The van der Waals surface area contributed by atoms with Gasteiger partial charge in [-0.3, -0.25) is 4.99 Å². The zero-order chi connectivity index (χ0) is 9.14. The van der Waals surface area contributed by atoms with Gasteiger partial charge in [-0.15, -0.1) is 4.73 Å². The highest BCUT2D eigenvalue weighted by atomic mass is 35.5. The second-order valence-corrected chi connectivity index (χ2v) is 2.47. The molecule has 1 aromatic rings. The number of hydrogen-bond donors (Lipinski definition) is 2. The summed E-state index contributed by atoms with van der Waals surface area (Å²) >= 11 is 5.58. The Hall–Kier alpha value is -1.23. The maximum Gasteiger partial charge on any atom is 0.237 e. The lowest BCUT2D eigenvalue weighted by molar-refractivity contribution is 0.175. The van der Waals surface area contributed by atoms with Gasteiger partial charge in [0.2, 0.25) is 5.95 Å². The Morgan fingerprint density at radius 3 is 3.08 bits per heavy atom. The smallest absolute Gasteiger partial charge is 0.237 e. The number of nitrogens with zero attached hydrogens (tertiary/aromatic N) is 3. The van der Waals surface area contributed by atoms with Gasteiger partial charge >= 0.3 is 0 Å². The summed E-state index contributed by atoms with van der Waals surface area (Å²) in [7, 11) is 0. The van der Waals surface area contributed by atoms with Crippen LogP contribution in [0.5, 0.6) is 0 Å². The number of halogens is 1. The molecule has 5 nitrogen and oxygen atoms in total. The van der Waals surface area contributed by atoms with E-state index >= 15 is 0 Å². The molecule has 0 radical (unpaired) electrons. The standard InChI is InChI=1S/C6H9ClN4O/c1-2-9-5-3-4(7)10-6(8)11(5)12/h3,12H,2H2,1H3,(H2,8,10). The normalized spacial score (nSPS) is 12.0. The van der Waals surface area contributed by atoms with Crippen molar-refractivity contribution in [3.05, 3.63) is 16.7 Å². The minimum absolute atomic E-state index is 0.0744. The Bertz CT molecular complexity index is 346. The monoisotopic (exact) mass is 188 g/mol. The predicted molar refractivity (Wildman–Crippen MR) is 44.9 cm³/mol. The van der Waals surface area contributed by atoms with E-state index in [1.54, 1.807) is 0 Å². The molecule has 0 aliphatic carbocycles. The van der Waals surface area contributed by atoms with E-state index in [0.717, 1.165) is 0 Å². The van der Waals surface area contributed by atoms with Gasteiger partial charge in [0.1, 0.15) is 5.15 Å². The number of aromatic nitrogens is 2. The van der Waals surface area contributed by atoms with Crippen LogP contribution >= 0.6 is 11.6 Å². The third kappa shape index (κ3) is 1.68. The van der Waals surface area contributed by atoms with E-state index in [0.29, 0.717) is 16.8 Å². The lowest BCUT2D eigenvalue weighted by atomic mass is 10.6. The minimum Gasteiger partial charge on any atom is -0.423 e. The number of nitrogens with two attached hydrogens (primary N) is 1. The first-order valence-corrected chi connectivity index (χ1v) is 3.77. The van der Waals surface area contributed by atoms with Crippen LogP contribution in [0, 0.1) is 0 Å². The summed E-state index contributed by atoms with van der Waals surface area (Å²) in [6, 6.07) is 1.43. The van der Waals surface area contributed by atoms with Gasteiger partial charge in [-0.1, -0.05) is 11.6 Å². The Morgan fingerprint density at radius 1 is 1.83 bits per heavy atom. The third-order valence-electron chi connectivity index (χ3n) is 1.22. The van der Waals surface area contributed by atoms with Gasteiger partial charge in [-0.25, -0.2) is 4.98 Å². The molecule has 0 saturated carbocycles. The highest BCUT2D eigenvalue weighted by molar-refractivity contribution is 6.29. The lowest BCUT2D eigenvalue weighted by Gasteiger charge is -2.01. The zero-order valence-corrected chi connectivity index (χ0v) is 7.28. The Kier molecular flexibility index (Phi) is 2.54. The maximum absolute atomic E-state index is 9.23. The van der Waals surface area contributed by atoms with Crippen LogP contribution in [0.4, 0.5) is 5.95 Å². The molecule has 0 fully saturated rings. The van der Waals surface area contributed by atoms with Gasteiger partial charge in [-0.2, -0.15) is 0 Å². The summed E-state index contributed by atoms with van der Waals surface area (Å²) in [5.74, 6) is -0.0744. The van der Waals surface area contributed by atoms with Crippen molar-refractivity contribution < 1.29 is 5.21 Å². The largest absolute Gasteiger partial charge is 0.423 e. The molecule has 1 aromatic heterocycles. The molecule has 0 unspecified atom stereocenters. The molecule has 0 aromatic carbocycles. The maximum atomic E-state index is 9.23. The first kappa shape index (κ1) is 8.86. The molecule has 0 aliphatic heterocycles. The van der Waals surface area contributed by atoms with Gasteiger partial charge in [-0.05, 0) is 6.92 Å². The van der Waals surface area contributed by atoms with Crippen molar-refractivity contribution >= 4 is 17.5 Å². The molecule has 12 heavy (non-hydrogen) atoms. The van der Waals surface area contributed by atoms with Crippen LogP contribution in [0.2, 0.25) is 5.15 Å². The molecule has 1 rings (SSSR count). The van der Waals surface area contributed by atoms with Crippen LogP contribution in [0.25, 0.3) is 0 Å². The summed E-state index contributed by atoms with van der Waals surface area (Å²) in [5, 5.41) is 9.44. The summed E-state index contributed by atoms with van der Waals surface area (Å²) in [4.78, 5) is 7.55. The fourth-order valence-electron chi connectivity index (χ4n) is 0.749. The average molecular weight is 189 g/mol. The summed E-state index contributed by atoms with van der Waals surface area (Å²) < 4.78 is 0.690. The number of rotatable bonds is 1. The van der Waals surface area contributed by atoms with Crippen LogP contribution in [0.3, 0.4) is 0 Å². The molecule has 3 N–H and O–H groups in total.